The number of fused-ring (bicyclic) bond motifs is 1. The largest absolute Gasteiger partial charge is 1.00 e. The topological polar surface area (TPSA) is 45.2 Å². The predicted molar refractivity (Wildman–Crippen MR) is 117 cm³/mol. The minimum absolute atomic E-state index is 0. The molecule has 0 aliphatic carbocycles. The quantitative estimate of drug-likeness (QED) is 0.592. The molecule has 0 radical (unpaired) electrons. The Morgan fingerprint density at radius 1 is 0.867 bits per heavy atom. The van der Waals surface area contributed by atoms with Crippen LogP contribution in [0.4, 0.5) is 5.69 Å². The van der Waals surface area contributed by atoms with Crippen molar-refractivity contribution in [2.45, 2.75) is 6.10 Å². The van der Waals surface area contributed by atoms with E-state index in [0.29, 0.717) is 13.2 Å². The van der Waals surface area contributed by atoms with E-state index in [0.717, 1.165) is 54.1 Å². The van der Waals surface area contributed by atoms with Gasteiger partial charge in [0, 0.05) is 38.1 Å². The summed E-state index contributed by atoms with van der Waals surface area (Å²) in [5.74, 6) is 1.73. The van der Waals surface area contributed by atoms with Gasteiger partial charge < -0.3 is 31.9 Å². The van der Waals surface area contributed by atoms with Gasteiger partial charge in [0.2, 0.25) is 0 Å². The molecule has 5 nitrogen and oxygen atoms in total. The third-order valence-corrected chi connectivity index (χ3v) is 5.45. The van der Waals surface area contributed by atoms with Crippen molar-refractivity contribution in [1.29, 1.82) is 0 Å². The van der Waals surface area contributed by atoms with Crippen LogP contribution in [0.15, 0.2) is 66.7 Å². The zero-order valence-electron chi connectivity index (χ0n) is 17.2. The number of benzene rings is 3. The molecule has 0 aromatic heterocycles. The summed E-state index contributed by atoms with van der Waals surface area (Å²) in [6.07, 6.45) is -0.522. The first kappa shape index (κ1) is 22.2. The van der Waals surface area contributed by atoms with Crippen molar-refractivity contribution in [3.05, 3.63) is 66.7 Å². The summed E-state index contributed by atoms with van der Waals surface area (Å²) in [6, 6.07) is 22.3. The number of rotatable bonds is 7. The van der Waals surface area contributed by atoms with Gasteiger partial charge in [-0.25, -0.2) is 0 Å². The molecule has 30 heavy (non-hydrogen) atoms. The smallest absolute Gasteiger partial charge is 0.142 e. The van der Waals surface area contributed by atoms with Gasteiger partial charge in [0.05, 0.1) is 12.8 Å². The number of ether oxygens (including phenoxy) is 2. The Morgan fingerprint density at radius 3 is 2.33 bits per heavy atom. The van der Waals surface area contributed by atoms with Crippen LogP contribution in [0.25, 0.3) is 10.8 Å². The number of hydrogen-bond donors (Lipinski definition) is 1. The Balaban J connectivity index is 0.00000256. The second-order valence-electron chi connectivity index (χ2n) is 7.40. The van der Waals surface area contributed by atoms with Gasteiger partial charge in [-0.1, -0.05) is 48.5 Å². The molecule has 0 bridgehead atoms. The lowest BCUT2D eigenvalue weighted by molar-refractivity contribution is -0.00000829. The van der Waals surface area contributed by atoms with Gasteiger partial charge in [-0.2, -0.15) is 0 Å². The van der Waals surface area contributed by atoms with Gasteiger partial charge >= 0.3 is 0 Å². The molecule has 3 aromatic rings. The third-order valence-electron chi connectivity index (χ3n) is 5.45. The summed E-state index contributed by atoms with van der Waals surface area (Å²) in [5, 5.41) is 12.7. The Morgan fingerprint density at radius 2 is 1.53 bits per heavy atom. The highest BCUT2D eigenvalue weighted by Gasteiger charge is 2.21. The van der Waals surface area contributed by atoms with Gasteiger partial charge in [-0.15, -0.1) is 0 Å². The molecule has 1 heterocycles. The lowest BCUT2D eigenvalue weighted by Crippen LogP contribution is -3.00. The molecule has 1 N–H and O–H groups in total. The number of aliphatic hydroxyl groups excluding tert-OH is 1. The van der Waals surface area contributed by atoms with E-state index < -0.39 is 6.10 Å². The normalized spacial score (nSPS) is 15.5. The van der Waals surface area contributed by atoms with E-state index in [1.165, 1.54) is 0 Å². The second kappa shape index (κ2) is 10.5. The molecule has 1 saturated heterocycles. The van der Waals surface area contributed by atoms with Crippen LogP contribution in [0.3, 0.4) is 0 Å². The van der Waals surface area contributed by atoms with Crippen LogP contribution in [0.1, 0.15) is 0 Å². The highest BCUT2D eigenvalue weighted by molar-refractivity contribution is 5.88. The summed E-state index contributed by atoms with van der Waals surface area (Å²) in [7, 11) is 1.71. The Kier molecular flexibility index (Phi) is 7.80. The number of methoxy groups -OCH3 is 1. The minimum atomic E-state index is -0.522. The third kappa shape index (κ3) is 5.17. The molecule has 0 spiro atoms. The minimum Gasteiger partial charge on any atom is -1.00 e. The lowest BCUT2D eigenvalue weighted by atomic mass is 10.1. The monoisotopic (exact) mass is 427 g/mol. The zero-order valence-corrected chi connectivity index (χ0v) is 18.0. The molecule has 1 atom stereocenters. The first-order chi connectivity index (χ1) is 14.2. The maximum Gasteiger partial charge on any atom is 0.142 e. The average Bonchev–Trinajstić information content (AvgIpc) is 2.78. The summed E-state index contributed by atoms with van der Waals surface area (Å²) < 4.78 is 11.4. The van der Waals surface area contributed by atoms with Crippen LogP contribution in [-0.2, 0) is 0 Å². The van der Waals surface area contributed by atoms with Crippen molar-refractivity contribution in [2.75, 3.05) is 51.3 Å². The van der Waals surface area contributed by atoms with Crippen LogP contribution in [0.2, 0.25) is 0 Å². The Labute approximate surface area is 184 Å². The van der Waals surface area contributed by atoms with Gasteiger partial charge in [0.1, 0.15) is 24.2 Å². The first-order valence-corrected chi connectivity index (χ1v) is 10.1. The number of para-hydroxylation sites is 2. The van der Waals surface area contributed by atoms with Crippen LogP contribution in [-0.4, -0.2) is 62.6 Å². The van der Waals surface area contributed by atoms with Crippen LogP contribution in [0.5, 0.6) is 11.5 Å². The van der Waals surface area contributed by atoms with Crippen LogP contribution < -0.4 is 26.8 Å². The van der Waals surface area contributed by atoms with Gasteiger partial charge in [0.25, 0.3) is 0 Å². The van der Waals surface area contributed by atoms with Crippen molar-refractivity contribution < 1.29 is 27.0 Å². The van der Waals surface area contributed by atoms with Crippen molar-refractivity contribution >= 4 is 16.5 Å². The fourth-order valence-corrected chi connectivity index (χ4v) is 3.92. The molecule has 0 saturated carbocycles. The molecule has 1 aliphatic rings. The Hall–Kier alpha value is -2.47. The molecule has 3 aromatic carbocycles. The SMILES string of the molecule is COc1ccccc1N1CCN(CC(O)COc2cccc3ccccc23)CC1.[Cl-]. The summed E-state index contributed by atoms with van der Waals surface area (Å²) in [6.45, 7) is 4.55. The lowest BCUT2D eigenvalue weighted by Gasteiger charge is -2.37. The molecule has 0 amide bonds. The average molecular weight is 428 g/mol. The number of anilines is 1. The number of piperazine rings is 1. The van der Waals surface area contributed by atoms with E-state index in [1.54, 1.807) is 7.11 Å². The van der Waals surface area contributed by atoms with Gasteiger partial charge in [-0.3, -0.25) is 4.90 Å². The van der Waals surface area contributed by atoms with Crippen molar-refractivity contribution in [3.63, 3.8) is 0 Å². The van der Waals surface area contributed by atoms with Crippen molar-refractivity contribution in [3.8, 4) is 11.5 Å². The molecule has 1 aliphatic heterocycles. The van der Waals surface area contributed by atoms with Crippen molar-refractivity contribution in [1.82, 2.24) is 4.90 Å². The second-order valence-corrected chi connectivity index (χ2v) is 7.40. The van der Waals surface area contributed by atoms with E-state index in [1.807, 2.05) is 48.5 Å². The highest BCUT2D eigenvalue weighted by Crippen LogP contribution is 2.28. The highest BCUT2D eigenvalue weighted by atomic mass is 35.5. The summed E-state index contributed by atoms with van der Waals surface area (Å²) in [5.41, 5.74) is 1.13. The number of halogens is 1. The molecule has 1 unspecified atom stereocenters. The van der Waals surface area contributed by atoms with Gasteiger partial charge in [0.15, 0.2) is 0 Å². The number of hydrogen-bond acceptors (Lipinski definition) is 5. The van der Waals surface area contributed by atoms with E-state index >= 15 is 0 Å². The van der Waals surface area contributed by atoms with E-state index in [-0.39, 0.29) is 12.4 Å². The summed E-state index contributed by atoms with van der Waals surface area (Å²) >= 11 is 0. The molecule has 4 rings (SSSR count). The molecule has 6 heteroatoms. The van der Waals surface area contributed by atoms with Crippen molar-refractivity contribution in [2.24, 2.45) is 0 Å². The summed E-state index contributed by atoms with van der Waals surface area (Å²) in [4.78, 5) is 4.64. The fraction of sp³-hybridized carbons (Fsp3) is 0.333. The maximum atomic E-state index is 10.5. The van der Waals surface area contributed by atoms with Crippen LogP contribution >= 0.6 is 0 Å². The zero-order chi connectivity index (χ0) is 20.1. The van der Waals surface area contributed by atoms with E-state index in [9.17, 15) is 5.11 Å². The number of β-amino-alcohol motifs (C(OH)–C–C–N with tert-alkyl or cyclic N) is 1. The number of aliphatic hydroxyl groups is 1. The van der Waals surface area contributed by atoms with E-state index in [4.69, 9.17) is 9.47 Å². The molecular formula is C24H28ClN2O3-. The van der Waals surface area contributed by atoms with E-state index in [2.05, 4.69) is 28.0 Å². The van der Waals surface area contributed by atoms with Crippen LogP contribution in [0, 0.1) is 0 Å². The standard InChI is InChI=1S/C24H28N2O3.ClH/c1-28-24-11-5-4-10-22(24)26-15-13-25(14-16-26)17-20(27)18-29-23-12-6-8-19-7-2-3-9-21(19)23;/h2-12,20,27H,13-18H2,1H3;1H/p-1. The first-order valence-electron chi connectivity index (χ1n) is 10.1. The number of nitrogens with zero attached hydrogens (tertiary/aromatic N) is 2. The molecule has 1 fully saturated rings. The van der Waals surface area contributed by atoms with Gasteiger partial charge in [-0.05, 0) is 23.6 Å². The maximum absolute atomic E-state index is 10.5. The predicted octanol–water partition coefficient (Wildman–Crippen LogP) is 0.414. The molecule has 160 valence electrons. The fourth-order valence-electron chi connectivity index (χ4n) is 3.92. The molecular weight excluding hydrogens is 400 g/mol. The Bertz CT molecular complexity index is 939.